The highest BCUT2D eigenvalue weighted by molar-refractivity contribution is 5.91. The second kappa shape index (κ2) is 10.5. The first-order chi connectivity index (χ1) is 14.2. The zero-order chi connectivity index (χ0) is 22.4. The van der Waals surface area contributed by atoms with Crippen LogP contribution in [0.4, 0.5) is 0 Å². The van der Waals surface area contributed by atoms with Gasteiger partial charge in [-0.2, -0.15) is 0 Å². The third-order valence-electron chi connectivity index (χ3n) is 5.50. The number of fused-ring (bicyclic) bond motifs is 1. The van der Waals surface area contributed by atoms with Gasteiger partial charge >= 0.3 is 17.9 Å². The second-order valence-corrected chi connectivity index (χ2v) is 7.62. The Morgan fingerprint density at radius 3 is 2.57 bits per heavy atom. The number of carbonyl (C=O) groups excluding carboxylic acids is 3. The van der Waals surface area contributed by atoms with Crippen molar-refractivity contribution in [3.63, 3.8) is 0 Å². The molecule has 1 heterocycles. The van der Waals surface area contributed by atoms with Crippen LogP contribution in [0.2, 0.25) is 0 Å². The molecule has 0 spiro atoms. The lowest BCUT2D eigenvalue weighted by Gasteiger charge is -2.34. The lowest BCUT2D eigenvalue weighted by molar-refractivity contribution is -0.171. The summed E-state index contributed by atoms with van der Waals surface area (Å²) in [5.74, 6) is -3.07. The van der Waals surface area contributed by atoms with Gasteiger partial charge in [0.1, 0.15) is 6.10 Å². The van der Waals surface area contributed by atoms with Crippen LogP contribution in [0.1, 0.15) is 40.0 Å². The fourth-order valence-corrected chi connectivity index (χ4v) is 3.56. The maximum absolute atomic E-state index is 12.7. The van der Waals surface area contributed by atoms with Crippen molar-refractivity contribution in [2.24, 2.45) is 11.8 Å². The smallest absolute Gasteiger partial charge is 0.334 e. The highest BCUT2D eigenvalue weighted by Gasteiger charge is 2.49. The zero-order valence-electron chi connectivity index (χ0n) is 17.6. The van der Waals surface area contributed by atoms with Gasteiger partial charge in [0, 0.05) is 12.5 Å². The van der Waals surface area contributed by atoms with E-state index in [9.17, 15) is 24.6 Å². The van der Waals surface area contributed by atoms with E-state index < -0.39 is 54.7 Å². The number of aliphatic hydroxyl groups is 2. The van der Waals surface area contributed by atoms with Gasteiger partial charge in [-0.25, -0.2) is 4.79 Å². The first-order valence-corrected chi connectivity index (χ1v) is 10.1. The summed E-state index contributed by atoms with van der Waals surface area (Å²) in [6.45, 7) is 7.89. The molecular formula is C22H30O8. The molecule has 1 aliphatic carbocycles. The van der Waals surface area contributed by atoms with Gasteiger partial charge < -0.3 is 24.4 Å². The van der Waals surface area contributed by atoms with Gasteiger partial charge in [0.15, 0.2) is 12.2 Å². The zero-order valence-corrected chi connectivity index (χ0v) is 17.6. The second-order valence-electron chi connectivity index (χ2n) is 7.62. The van der Waals surface area contributed by atoms with E-state index in [1.807, 2.05) is 6.92 Å². The average Bonchev–Trinajstić information content (AvgIpc) is 2.99. The van der Waals surface area contributed by atoms with Gasteiger partial charge in [-0.1, -0.05) is 26.5 Å². The summed E-state index contributed by atoms with van der Waals surface area (Å²) >= 11 is 0. The number of carbonyl (C=O) groups is 3. The quantitative estimate of drug-likeness (QED) is 0.287. The van der Waals surface area contributed by atoms with E-state index in [0.29, 0.717) is 30.4 Å². The number of hydrogen-bond acceptors (Lipinski definition) is 8. The van der Waals surface area contributed by atoms with Crippen LogP contribution in [0.15, 0.2) is 35.5 Å². The SMILES string of the molecule is C=C1C(=O)O[C@@H]2/C=C(/CO)CC/C=C(/CO)[C@H](OC(C)=O)[C@H](OC(=O)[C@H](C)CC)[C@@H]12. The van der Waals surface area contributed by atoms with Crippen LogP contribution in [0, 0.1) is 11.8 Å². The van der Waals surface area contributed by atoms with E-state index >= 15 is 0 Å². The van der Waals surface area contributed by atoms with Crippen LogP contribution in [-0.4, -0.2) is 59.6 Å². The molecule has 0 aromatic heterocycles. The molecule has 0 radical (unpaired) electrons. The minimum atomic E-state index is -1.13. The highest BCUT2D eigenvalue weighted by Crippen LogP contribution is 2.37. The topological polar surface area (TPSA) is 119 Å². The summed E-state index contributed by atoms with van der Waals surface area (Å²) < 4.78 is 16.7. The van der Waals surface area contributed by atoms with Crippen LogP contribution in [-0.2, 0) is 28.6 Å². The number of ether oxygens (including phenoxy) is 3. The van der Waals surface area contributed by atoms with Crippen LogP contribution < -0.4 is 0 Å². The van der Waals surface area contributed by atoms with Gasteiger partial charge in [-0.3, -0.25) is 9.59 Å². The fourth-order valence-electron chi connectivity index (χ4n) is 3.56. The van der Waals surface area contributed by atoms with E-state index in [1.54, 1.807) is 19.1 Å². The molecule has 0 bridgehead atoms. The first-order valence-electron chi connectivity index (χ1n) is 10.1. The molecule has 30 heavy (non-hydrogen) atoms. The summed E-state index contributed by atoms with van der Waals surface area (Å²) in [6, 6.07) is 0. The van der Waals surface area contributed by atoms with Gasteiger partial charge in [0.05, 0.1) is 25.0 Å². The molecule has 2 aliphatic rings. The van der Waals surface area contributed by atoms with Crippen LogP contribution in [0.25, 0.3) is 0 Å². The van der Waals surface area contributed by atoms with Crippen molar-refractivity contribution in [3.8, 4) is 0 Å². The molecule has 8 nitrogen and oxygen atoms in total. The predicted molar refractivity (Wildman–Crippen MR) is 107 cm³/mol. The van der Waals surface area contributed by atoms with Crippen LogP contribution >= 0.6 is 0 Å². The van der Waals surface area contributed by atoms with Crippen molar-refractivity contribution in [1.82, 2.24) is 0 Å². The number of allylic oxidation sites excluding steroid dienone is 1. The van der Waals surface area contributed by atoms with E-state index in [4.69, 9.17) is 14.2 Å². The van der Waals surface area contributed by atoms with Gasteiger partial charge in [-0.15, -0.1) is 0 Å². The van der Waals surface area contributed by atoms with Crippen molar-refractivity contribution in [1.29, 1.82) is 0 Å². The molecule has 1 saturated heterocycles. The minimum absolute atomic E-state index is 0.0745. The molecule has 0 amide bonds. The molecule has 1 aliphatic heterocycles. The van der Waals surface area contributed by atoms with Crippen LogP contribution in [0.5, 0.6) is 0 Å². The minimum Gasteiger partial charge on any atom is -0.457 e. The Morgan fingerprint density at radius 1 is 1.30 bits per heavy atom. The van der Waals surface area contributed by atoms with E-state index in [1.165, 1.54) is 6.92 Å². The van der Waals surface area contributed by atoms with E-state index in [2.05, 4.69) is 6.58 Å². The van der Waals surface area contributed by atoms with E-state index in [0.717, 1.165) is 0 Å². The maximum atomic E-state index is 12.7. The van der Waals surface area contributed by atoms with Crippen LogP contribution in [0.3, 0.4) is 0 Å². The molecule has 2 N–H and O–H groups in total. The number of aliphatic hydroxyl groups excluding tert-OH is 2. The van der Waals surface area contributed by atoms with Crippen molar-refractivity contribution < 1.29 is 38.8 Å². The first kappa shape index (κ1) is 23.8. The standard InChI is InChI=1S/C22H30O8/c1-5-12(2)21(26)30-20-18-13(3)22(27)29-17(18)9-15(10-23)7-6-8-16(11-24)19(20)28-14(4)25/h8-9,12,17-20,23-24H,3,5-7,10-11H2,1-2,4H3/b15-9+,16-8-/t12-,17-,18+,19+,20-/m1/s1. The Morgan fingerprint density at radius 2 is 2.00 bits per heavy atom. The Hall–Kier alpha value is -2.45. The summed E-state index contributed by atoms with van der Waals surface area (Å²) in [7, 11) is 0. The fraction of sp³-hybridized carbons (Fsp3) is 0.591. The van der Waals surface area contributed by atoms with Crippen molar-refractivity contribution in [2.45, 2.75) is 58.3 Å². The molecule has 0 saturated carbocycles. The molecule has 1 fully saturated rings. The summed E-state index contributed by atoms with van der Waals surface area (Å²) in [5, 5.41) is 19.6. The largest absolute Gasteiger partial charge is 0.457 e. The molecule has 0 aromatic carbocycles. The summed E-state index contributed by atoms with van der Waals surface area (Å²) in [5.41, 5.74) is 1.06. The Balaban J connectivity index is 2.61. The third kappa shape index (κ3) is 5.37. The molecule has 5 atom stereocenters. The molecule has 166 valence electrons. The normalized spacial score (nSPS) is 31.4. The summed E-state index contributed by atoms with van der Waals surface area (Å²) in [4.78, 5) is 36.8. The summed E-state index contributed by atoms with van der Waals surface area (Å²) in [6.07, 6.45) is 1.67. The lowest BCUT2D eigenvalue weighted by atomic mass is 9.83. The highest BCUT2D eigenvalue weighted by atomic mass is 16.6. The lowest BCUT2D eigenvalue weighted by Crippen LogP contribution is -2.46. The average molecular weight is 422 g/mol. The predicted octanol–water partition coefficient (Wildman–Crippen LogP) is 1.60. The number of esters is 3. The molecular weight excluding hydrogens is 392 g/mol. The number of rotatable bonds is 6. The molecule has 0 unspecified atom stereocenters. The molecule has 8 heteroatoms. The van der Waals surface area contributed by atoms with Gasteiger partial charge in [-0.05, 0) is 36.5 Å². The molecule has 0 aromatic rings. The molecule has 2 rings (SSSR count). The van der Waals surface area contributed by atoms with Crippen molar-refractivity contribution >= 4 is 17.9 Å². The van der Waals surface area contributed by atoms with Gasteiger partial charge in [0.25, 0.3) is 0 Å². The van der Waals surface area contributed by atoms with Gasteiger partial charge in [0.2, 0.25) is 0 Å². The Bertz CT molecular complexity index is 750. The monoisotopic (exact) mass is 422 g/mol. The van der Waals surface area contributed by atoms with Crippen molar-refractivity contribution in [2.75, 3.05) is 13.2 Å². The maximum Gasteiger partial charge on any atom is 0.334 e. The number of hydrogen-bond donors (Lipinski definition) is 2. The van der Waals surface area contributed by atoms with E-state index in [-0.39, 0.29) is 12.2 Å². The van der Waals surface area contributed by atoms with Crippen molar-refractivity contribution in [3.05, 3.63) is 35.5 Å². The third-order valence-corrected chi connectivity index (χ3v) is 5.50. The Kier molecular flexibility index (Phi) is 8.37. The Labute approximate surface area is 176 Å².